The van der Waals surface area contributed by atoms with Crippen molar-refractivity contribution in [1.29, 1.82) is 0 Å². The molecule has 0 radical (unpaired) electrons. The molecule has 0 bridgehead atoms. The van der Waals surface area contributed by atoms with E-state index in [1.165, 1.54) is 22.3 Å². The Morgan fingerprint density at radius 3 is 1.71 bits per heavy atom. The van der Waals surface area contributed by atoms with Gasteiger partial charge in [-0.2, -0.15) is 0 Å². The number of benzene rings is 2. The standard InChI is InChI=1S/C13H9.C5H5.C3H6.2C2H6N.Zr/c1-3-7-12-10(5-1)9-11-6-2-4-8-13(11)12;1-2-4-5-3-1;3*1-3-2;/h1-9H;1-3H,4H2;3*1-2H3;/q;;;2*-1;+2. The summed E-state index contributed by atoms with van der Waals surface area (Å²) in [6, 6.07) is 18.2. The average molecular weight is 452 g/mol. The molecule has 0 spiro atoms. The topological polar surface area (TPSA) is 6.48 Å². The minimum absolute atomic E-state index is 0.398. The van der Waals surface area contributed by atoms with Gasteiger partial charge in [0.25, 0.3) is 0 Å². The zero-order valence-electron chi connectivity index (χ0n) is 18.0. The van der Waals surface area contributed by atoms with Crippen LogP contribution in [0.25, 0.3) is 11.1 Å². The molecule has 28 heavy (non-hydrogen) atoms. The van der Waals surface area contributed by atoms with E-state index in [-0.39, 0.29) is 0 Å². The van der Waals surface area contributed by atoms with Crippen LogP contribution in [0.1, 0.15) is 35.0 Å². The van der Waals surface area contributed by atoms with Crippen molar-refractivity contribution in [3.63, 3.8) is 0 Å². The summed E-state index contributed by atoms with van der Waals surface area (Å²) in [6.07, 6.45) is 8.10. The molecule has 2 aliphatic carbocycles. The van der Waals surface area contributed by atoms with Crippen molar-refractivity contribution in [2.24, 2.45) is 0 Å². The Kier molecular flexibility index (Phi) is 4.85. The Balaban J connectivity index is 2.24. The maximum absolute atomic E-state index is 4.10. The summed E-state index contributed by atoms with van der Waals surface area (Å²) in [6.45, 7) is 4.79. The van der Waals surface area contributed by atoms with E-state index >= 15 is 0 Å². The normalized spacial score (nSPS) is 16.5. The zero-order valence-corrected chi connectivity index (χ0v) is 20.5. The summed E-state index contributed by atoms with van der Waals surface area (Å²) in [5, 5.41) is 0. The molecule has 0 aromatic heterocycles. The fourth-order valence-electron chi connectivity index (χ4n) is 6.74. The molecule has 2 aromatic carbocycles. The molecule has 0 saturated heterocycles. The molecule has 0 N–H and O–H groups in total. The van der Waals surface area contributed by atoms with Gasteiger partial charge in [0, 0.05) is 0 Å². The number of rotatable bonds is 4. The Morgan fingerprint density at radius 1 is 0.821 bits per heavy atom. The zero-order chi connectivity index (χ0) is 20.1. The molecular weight excluding hydrogens is 420 g/mol. The molecule has 0 amide bonds. The van der Waals surface area contributed by atoms with E-state index in [1.807, 2.05) is 0 Å². The van der Waals surface area contributed by atoms with Crippen LogP contribution in [0.4, 0.5) is 0 Å². The molecule has 0 unspecified atom stereocenters. The van der Waals surface area contributed by atoms with Crippen molar-refractivity contribution in [3.05, 3.63) is 81.2 Å². The summed E-state index contributed by atoms with van der Waals surface area (Å²) in [5.74, 6) is 0. The number of allylic oxidation sites excluding steroid dienone is 4. The van der Waals surface area contributed by atoms with E-state index in [1.54, 1.807) is 6.49 Å². The van der Waals surface area contributed by atoms with Gasteiger partial charge in [-0.25, -0.2) is 0 Å². The van der Waals surface area contributed by atoms with Gasteiger partial charge >= 0.3 is 172 Å². The summed E-state index contributed by atoms with van der Waals surface area (Å²) in [5.41, 5.74) is 5.84. The Bertz CT molecular complexity index is 1010. The molecule has 2 aliphatic rings. The van der Waals surface area contributed by atoms with E-state index in [2.05, 4.69) is 114 Å². The summed E-state index contributed by atoms with van der Waals surface area (Å²) >= 11 is -4.10. The van der Waals surface area contributed by atoms with Gasteiger partial charge in [-0.15, -0.1) is 0 Å². The van der Waals surface area contributed by atoms with Crippen LogP contribution in [0.3, 0.4) is 0 Å². The Morgan fingerprint density at radius 2 is 1.32 bits per heavy atom. The first-order valence-corrected chi connectivity index (χ1v) is 16.3. The van der Waals surface area contributed by atoms with Crippen LogP contribution < -0.4 is 0 Å². The molecule has 2 aromatic rings. The summed E-state index contributed by atoms with van der Waals surface area (Å²) in [7, 11) is 9.34. The molecule has 0 aliphatic heterocycles. The third-order valence-corrected chi connectivity index (χ3v) is 29.6. The first kappa shape index (κ1) is 19.9. The van der Waals surface area contributed by atoms with Gasteiger partial charge in [-0.1, -0.05) is 0 Å². The van der Waals surface area contributed by atoms with Gasteiger partial charge in [0.05, 0.1) is 0 Å². The Labute approximate surface area is 171 Å². The predicted octanol–water partition coefficient (Wildman–Crippen LogP) is 5.46. The molecule has 0 saturated carbocycles. The number of nitrogens with zero attached hydrogens (tertiary/aromatic N) is 2. The molecule has 2 nitrogen and oxygen atoms in total. The minimum atomic E-state index is -4.10. The SMILES string of the molecule is C[C](C)=[Zr]([C]1=CC=CC1)([CH]1c2ccccc2-c2ccccc21)([N](C)C)[N](C)C. The maximum atomic E-state index is 2.67. The summed E-state index contributed by atoms with van der Waals surface area (Å²) < 4.78 is 8.98. The quantitative estimate of drug-likeness (QED) is 0.609. The van der Waals surface area contributed by atoms with Crippen LogP contribution in [0, 0.1) is 0 Å². The van der Waals surface area contributed by atoms with Crippen LogP contribution >= 0.6 is 0 Å². The van der Waals surface area contributed by atoms with Crippen molar-refractivity contribution in [2.45, 2.75) is 23.9 Å². The van der Waals surface area contributed by atoms with Crippen LogP contribution in [-0.2, 0) is 18.9 Å². The van der Waals surface area contributed by atoms with E-state index in [0.717, 1.165) is 6.42 Å². The van der Waals surface area contributed by atoms with E-state index in [4.69, 9.17) is 0 Å². The Hall–Kier alpha value is -1.41. The van der Waals surface area contributed by atoms with Crippen molar-refractivity contribution in [1.82, 2.24) is 5.69 Å². The summed E-state index contributed by atoms with van der Waals surface area (Å²) in [4.78, 5) is 0. The van der Waals surface area contributed by atoms with Crippen molar-refractivity contribution in [2.75, 3.05) is 28.2 Å². The van der Waals surface area contributed by atoms with Crippen molar-refractivity contribution < 1.29 is 18.9 Å². The van der Waals surface area contributed by atoms with E-state index in [0.29, 0.717) is 3.63 Å². The first-order valence-electron chi connectivity index (χ1n) is 10.2. The van der Waals surface area contributed by atoms with Crippen molar-refractivity contribution in [3.8, 4) is 11.1 Å². The van der Waals surface area contributed by atoms with E-state index in [9.17, 15) is 0 Å². The molecule has 0 atom stereocenters. The number of hydrogen-bond acceptors (Lipinski definition) is 2. The molecule has 0 heterocycles. The third-order valence-electron chi connectivity index (χ3n) is 7.58. The van der Waals surface area contributed by atoms with Gasteiger partial charge in [0.2, 0.25) is 0 Å². The first-order chi connectivity index (χ1) is 13.4. The monoisotopic (exact) mass is 450 g/mol. The number of hydrogen-bond donors (Lipinski definition) is 0. The second-order valence-electron chi connectivity index (χ2n) is 8.94. The van der Waals surface area contributed by atoms with Gasteiger partial charge in [0.1, 0.15) is 0 Å². The van der Waals surface area contributed by atoms with Crippen LogP contribution in [0.5, 0.6) is 0 Å². The molecule has 4 rings (SSSR count). The molecule has 3 heteroatoms. The van der Waals surface area contributed by atoms with Gasteiger partial charge in [-0.3, -0.25) is 0 Å². The molecule has 0 fully saturated rings. The van der Waals surface area contributed by atoms with Crippen LogP contribution in [-0.4, -0.2) is 37.1 Å². The molecular formula is C25H32N2Zr. The third kappa shape index (κ3) is 2.16. The fraction of sp³-hybridized carbons (Fsp3) is 0.320. The van der Waals surface area contributed by atoms with Gasteiger partial charge in [-0.05, 0) is 0 Å². The second-order valence-corrected chi connectivity index (χ2v) is 24.8. The number of fused-ring (bicyclic) bond motifs is 3. The van der Waals surface area contributed by atoms with Crippen molar-refractivity contribution >= 4 is 3.21 Å². The van der Waals surface area contributed by atoms with Crippen LogP contribution in [0.15, 0.2) is 70.0 Å². The second kappa shape index (κ2) is 6.83. The van der Waals surface area contributed by atoms with Crippen LogP contribution in [0.2, 0.25) is 0 Å². The predicted molar refractivity (Wildman–Crippen MR) is 119 cm³/mol. The van der Waals surface area contributed by atoms with Gasteiger partial charge < -0.3 is 0 Å². The van der Waals surface area contributed by atoms with Gasteiger partial charge in [0.15, 0.2) is 0 Å². The average Bonchev–Trinajstić information content (AvgIpc) is 3.30. The fourth-order valence-corrected chi connectivity index (χ4v) is 28.8. The van der Waals surface area contributed by atoms with E-state index < -0.39 is 18.9 Å². The molecule has 146 valence electrons.